The molecular formula is C31H34ClF2N5O4S. The van der Waals surface area contributed by atoms with Crippen molar-refractivity contribution in [3.05, 3.63) is 40.9 Å². The molecule has 7 rings (SSSR count). The zero-order valence-electron chi connectivity index (χ0n) is 24.5. The monoisotopic (exact) mass is 645 g/mol. The maximum atomic E-state index is 16.8. The summed E-state index contributed by atoms with van der Waals surface area (Å²) in [5.74, 6) is -0.743. The van der Waals surface area contributed by atoms with E-state index in [9.17, 15) is 9.50 Å². The lowest BCUT2D eigenvalue weighted by Gasteiger charge is -2.31. The van der Waals surface area contributed by atoms with Crippen LogP contribution in [0.15, 0.2) is 24.3 Å². The number of hydrogen-bond donors (Lipinski definition) is 2. The van der Waals surface area contributed by atoms with E-state index in [1.807, 2.05) is 4.90 Å². The molecule has 0 radical (unpaired) electrons. The molecule has 3 saturated heterocycles. The Kier molecular flexibility index (Phi) is 7.58. The molecule has 0 spiro atoms. The minimum absolute atomic E-state index is 0.0110. The topological polar surface area (TPSA) is 106 Å². The van der Waals surface area contributed by atoms with Gasteiger partial charge in [0, 0.05) is 36.5 Å². The number of ether oxygens (including phenoxy) is 3. The summed E-state index contributed by atoms with van der Waals surface area (Å²) < 4.78 is 49.4. The van der Waals surface area contributed by atoms with Crippen LogP contribution in [0.4, 0.5) is 19.6 Å². The van der Waals surface area contributed by atoms with Crippen LogP contribution in [0.2, 0.25) is 5.02 Å². The van der Waals surface area contributed by atoms with Crippen LogP contribution in [0.3, 0.4) is 0 Å². The Hall–Kier alpha value is -2.87. The van der Waals surface area contributed by atoms with Gasteiger partial charge in [0.05, 0.1) is 46.1 Å². The molecule has 9 nitrogen and oxygen atoms in total. The molecule has 0 amide bonds. The number of nitrogen functional groups attached to an aromatic ring is 1. The van der Waals surface area contributed by atoms with Gasteiger partial charge in [0.1, 0.15) is 29.4 Å². The lowest BCUT2D eigenvalue weighted by molar-refractivity contribution is -0.0123. The number of nitrogens with two attached hydrogens (primary N) is 1. The molecule has 3 fully saturated rings. The predicted molar refractivity (Wildman–Crippen MR) is 168 cm³/mol. The maximum absolute atomic E-state index is 16.8. The number of rotatable bonds is 6. The van der Waals surface area contributed by atoms with Crippen LogP contribution in [0.5, 0.6) is 6.01 Å². The summed E-state index contributed by atoms with van der Waals surface area (Å²) in [4.78, 5) is 13.6. The van der Waals surface area contributed by atoms with Crippen molar-refractivity contribution in [1.29, 1.82) is 0 Å². The van der Waals surface area contributed by atoms with E-state index >= 15 is 4.39 Å². The third-order valence-corrected chi connectivity index (χ3v) is 10.4. The summed E-state index contributed by atoms with van der Waals surface area (Å²) in [5, 5.41) is 12.3. The number of anilines is 2. The Balaban J connectivity index is 1.37. The molecule has 3 aliphatic rings. The average Bonchev–Trinajstić information content (AvgIpc) is 3.63. The van der Waals surface area contributed by atoms with Gasteiger partial charge in [-0.1, -0.05) is 17.7 Å². The first-order valence-corrected chi connectivity index (χ1v) is 15.9. The fourth-order valence-electron chi connectivity index (χ4n) is 7.05. The third-order valence-electron chi connectivity index (χ3n) is 9.09. The summed E-state index contributed by atoms with van der Waals surface area (Å²) in [6.07, 6.45) is 2.96. The van der Waals surface area contributed by atoms with Crippen molar-refractivity contribution in [2.75, 3.05) is 63.7 Å². The highest BCUT2D eigenvalue weighted by molar-refractivity contribution is 7.22. The predicted octanol–water partition coefficient (Wildman–Crippen LogP) is 5.25. The van der Waals surface area contributed by atoms with Gasteiger partial charge in [-0.05, 0) is 56.5 Å². The largest absolute Gasteiger partial charge is 0.461 e. The number of methoxy groups -OCH3 is 1. The standard InChI is InChI=1S/C31H34ClF2N5O4S/c1-30(40)14-38(8-9-42-15-30)28-20-10-21(32)24(18-4-5-22(33)27-19(18)11-23(35)44-27)25(34)26(20)36-29(37-28)43-16-31-6-3-7-39(31)13-17(12-31)41-2/h4-5,10-11,17,40H,3,6-9,12-16,35H2,1-2H3/t17-,30?,31+/m1/s1. The van der Waals surface area contributed by atoms with E-state index in [0.29, 0.717) is 51.6 Å². The number of thiophene rings is 1. The smallest absolute Gasteiger partial charge is 0.319 e. The molecular weight excluding hydrogens is 612 g/mol. The van der Waals surface area contributed by atoms with Crippen molar-refractivity contribution >= 4 is 54.7 Å². The summed E-state index contributed by atoms with van der Waals surface area (Å²) >= 11 is 7.90. The first-order chi connectivity index (χ1) is 21.1. The quantitative estimate of drug-likeness (QED) is 0.291. The summed E-state index contributed by atoms with van der Waals surface area (Å²) in [6.45, 7) is 4.90. The molecule has 4 aromatic rings. The van der Waals surface area contributed by atoms with Gasteiger partial charge in [-0.25, -0.2) is 8.78 Å². The van der Waals surface area contributed by atoms with Crippen LogP contribution >= 0.6 is 22.9 Å². The molecule has 3 N–H and O–H groups in total. The van der Waals surface area contributed by atoms with E-state index in [1.54, 1.807) is 26.2 Å². The molecule has 0 saturated carbocycles. The fourth-order valence-corrected chi connectivity index (χ4v) is 8.20. The first-order valence-electron chi connectivity index (χ1n) is 14.7. The Morgan fingerprint density at radius 1 is 1.23 bits per heavy atom. The highest BCUT2D eigenvalue weighted by atomic mass is 35.5. The number of aromatic nitrogens is 2. The Morgan fingerprint density at radius 2 is 2.07 bits per heavy atom. The second-order valence-electron chi connectivity index (χ2n) is 12.4. The highest BCUT2D eigenvalue weighted by Crippen LogP contribution is 2.44. The van der Waals surface area contributed by atoms with E-state index in [2.05, 4.69) is 9.88 Å². The molecule has 3 atom stereocenters. The lowest BCUT2D eigenvalue weighted by Crippen LogP contribution is -2.44. The summed E-state index contributed by atoms with van der Waals surface area (Å²) in [5.41, 5.74) is 5.14. The van der Waals surface area contributed by atoms with Gasteiger partial charge < -0.3 is 30.0 Å². The molecule has 13 heteroatoms. The van der Waals surface area contributed by atoms with E-state index in [1.165, 1.54) is 12.1 Å². The first kappa shape index (κ1) is 29.8. The van der Waals surface area contributed by atoms with Crippen molar-refractivity contribution in [3.63, 3.8) is 0 Å². The normalized spacial score (nSPS) is 26.0. The maximum Gasteiger partial charge on any atom is 0.319 e. The zero-order valence-corrected chi connectivity index (χ0v) is 26.1. The Morgan fingerprint density at radius 3 is 2.89 bits per heavy atom. The zero-order chi connectivity index (χ0) is 30.8. The van der Waals surface area contributed by atoms with Crippen LogP contribution in [0.1, 0.15) is 26.2 Å². The van der Waals surface area contributed by atoms with Gasteiger partial charge in [0.25, 0.3) is 0 Å². The van der Waals surface area contributed by atoms with Crippen molar-refractivity contribution < 1.29 is 28.1 Å². The van der Waals surface area contributed by atoms with Gasteiger partial charge >= 0.3 is 6.01 Å². The van der Waals surface area contributed by atoms with Crippen molar-refractivity contribution in [3.8, 4) is 17.1 Å². The number of hydrogen-bond acceptors (Lipinski definition) is 10. The second kappa shape index (κ2) is 11.2. The fraction of sp³-hybridized carbons (Fsp3) is 0.484. The number of benzene rings is 2. The van der Waals surface area contributed by atoms with Gasteiger partial charge in [0.15, 0.2) is 5.82 Å². The van der Waals surface area contributed by atoms with E-state index in [4.69, 9.17) is 36.5 Å². The summed E-state index contributed by atoms with van der Waals surface area (Å²) in [7, 11) is 1.73. The molecule has 2 aromatic carbocycles. The van der Waals surface area contributed by atoms with Crippen LogP contribution in [0, 0.1) is 11.6 Å². The molecule has 44 heavy (non-hydrogen) atoms. The van der Waals surface area contributed by atoms with Crippen molar-refractivity contribution in [1.82, 2.24) is 14.9 Å². The highest BCUT2D eigenvalue weighted by Gasteiger charge is 2.49. The van der Waals surface area contributed by atoms with Gasteiger partial charge in [-0.3, -0.25) is 4.90 Å². The van der Waals surface area contributed by atoms with Gasteiger partial charge in [-0.15, -0.1) is 11.3 Å². The Bertz CT molecular complexity index is 1760. The lowest BCUT2D eigenvalue weighted by atomic mass is 9.94. The molecule has 234 valence electrons. The number of β-amino-alcohol motifs (C(OH)–C–C–N with tert-alkyl or cyclic N) is 1. The molecule has 0 bridgehead atoms. The van der Waals surface area contributed by atoms with E-state index in [-0.39, 0.29) is 46.9 Å². The Labute approximate surface area is 262 Å². The van der Waals surface area contributed by atoms with Crippen molar-refractivity contribution in [2.24, 2.45) is 0 Å². The molecule has 0 aliphatic carbocycles. The van der Waals surface area contributed by atoms with Crippen LogP contribution in [-0.4, -0.2) is 90.3 Å². The molecule has 1 unspecified atom stereocenters. The van der Waals surface area contributed by atoms with E-state index in [0.717, 1.165) is 43.7 Å². The SMILES string of the molecule is CO[C@H]1CN2CCC[C@@]2(COc2nc(N3CCOCC(C)(O)C3)c3cc(Cl)c(-c4ccc(F)c5sc(N)cc45)c(F)c3n2)C1. The molecule has 3 aliphatic heterocycles. The summed E-state index contributed by atoms with van der Waals surface area (Å²) in [6, 6.07) is 6.06. The third kappa shape index (κ3) is 5.15. The second-order valence-corrected chi connectivity index (χ2v) is 13.8. The van der Waals surface area contributed by atoms with Crippen LogP contribution in [-0.2, 0) is 9.47 Å². The number of nitrogens with zero attached hydrogens (tertiary/aromatic N) is 4. The van der Waals surface area contributed by atoms with Crippen LogP contribution in [0.25, 0.3) is 32.1 Å². The minimum Gasteiger partial charge on any atom is -0.461 e. The van der Waals surface area contributed by atoms with Crippen molar-refractivity contribution in [2.45, 2.75) is 43.4 Å². The number of aliphatic hydroxyl groups is 1. The van der Waals surface area contributed by atoms with Crippen LogP contribution < -0.4 is 15.4 Å². The minimum atomic E-state index is -1.17. The molecule has 5 heterocycles. The molecule has 2 aromatic heterocycles. The average molecular weight is 646 g/mol. The number of halogens is 3. The number of fused-ring (bicyclic) bond motifs is 3. The van der Waals surface area contributed by atoms with E-state index < -0.39 is 17.2 Å². The van der Waals surface area contributed by atoms with Gasteiger partial charge in [-0.2, -0.15) is 9.97 Å². The van der Waals surface area contributed by atoms with Gasteiger partial charge in [0.2, 0.25) is 0 Å².